The van der Waals surface area contributed by atoms with Crippen LogP contribution in [0.15, 0.2) is 53.7 Å². The van der Waals surface area contributed by atoms with E-state index in [4.69, 9.17) is 9.47 Å². The smallest absolute Gasteiger partial charge is 0.231 e. The normalized spacial score (nSPS) is 12.3. The summed E-state index contributed by atoms with van der Waals surface area (Å²) in [6.07, 6.45) is 0. The first-order valence-corrected chi connectivity index (χ1v) is 8.31. The average molecular weight is 339 g/mol. The number of thioether (sulfide) groups is 1. The molecule has 0 bridgehead atoms. The summed E-state index contributed by atoms with van der Waals surface area (Å²) < 4.78 is 10.5. The van der Waals surface area contributed by atoms with E-state index in [0.717, 1.165) is 5.56 Å². The Labute approximate surface area is 142 Å². The molecule has 0 amide bonds. The Morgan fingerprint density at radius 3 is 2.83 bits per heavy atom. The molecule has 1 N–H and O–H groups in total. The van der Waals surface area contributed by atoms with Crippen LogP contribution in [-0.4, -0.2) is 33.5 Å². The van der Waals surface area contributed by atoms with Crippen LogP contribution < -0.4 is 9.47 Å². The van der Waals surface area contributed by atoms with E-state index in [1.54, 1.807) is 18.2 Å². The second-order valence-electron chi connectivity index (χ2n) is 5.11. The third-order valence-electron chi connectivity index (χ3n) is 3.54. The van der Waals surface area contributed by atoms with E-state index < -0.39 is 0 Å². The van der Waals surface area contributed by atoms with Crippen molar-refractivity contribution in [1.82, 2.24) is 15.2 Å². The van der Waals surface area contributed by atoms with E-state index in [0.29, 0.717) is 28.0 Å². The summed E-state index contributed by atoms with van der Waals surface area (Å²) in [7, 11) is 0. The summed E-state index contributed by atoms with van der Waals surface area (Å²) >= 11 is 1.30. The number of nitrogens with one attached hydrogen (secondary N) is 1. The maximum absolute atomic E-state index is 12.3. The summed E-state index contributed by atoms with van der Waals surface area (Å²) in [4.78, 5) is 16.7. The molecule has 0 atom stereocenters. The van der Waals surface area contributed by atoms with Crippen LogP contribution in [0.25, 0.3) is 11.4 Å². The standard InChI is InChI=1S/C17H13N3O3S/c21-13(12-6-7-14-15(8-12)23-10-22-14)9-24-17-18-16(19-20-17)11-4-2-1-3-5-11/h1-8H,9-10H2,(H,18,19,20). The SMILES string of the molecule is O=C(CSc1n[nH]c(-c2ccccc2)n1)c1ccc2c(c1)OCO2. The molecule has 0 aliphatic carbocycles. The van der Waals surface area contributed by atoms with Gasteiger partial charge in [0.15, 0.2) is 23.1 Å². The number of Topliss-reactive ketones (excluding diaryl/α,β-unsaturated/α-hetero) is 1. The van der Waals surface area contributed by atoms with Gasteiger partial charge in [-0.3, -0.25) is 9.89 Å². The van der Waals surface area contributed by atoms with Gasteiger partial charge in [-0.1, -0.05) is 42.1 Å². The Hall–Kier alpha value is -2.80. The first kappa shape index (κ1) is 14.8. The molecule has 7 heteroatoms. The Morgan fingerprint density at radius 1 is 1.12 bits per heavy atom. The summed E-state index contributed by atoms with van der Waals surface area (Å²) in [5, 5.41) is 7.58. The van der Waals surface area contributed by atoms with Crippen molar-refractivity contribution < 1.29 is 14.3 Å². The number of H-pyrrole nitrogens is 1. The van der Waals surface area contributed by atoms with Gasteiger partial charge in [-0.2, -0.15) is 0 Å². The molecule has 0 spiro atoms. The van der Waals surface area contributed by atoms with Gasteiger partial charge in [0.1, 0.15) is 0 Å². The van der Waals surface area contributed by atoms with Crippen molar-refractivity contribution >= 4 is 17.5 Å². The number of ketones is 1. The maximum Gasteiger partial charge on any atom is 0.231 e. The fourth-order valence-electron chi connectivity index (χ4n) is 2.32. The van der Waals surface area contributed by atoms with E-state index in [2.05, 4.69) is 15.2 Å². The van der Waals surface area contributed by atoms with Crippen LogP contribution in [0, 0.1) is 0 Å². The van der Waals surface area contributed by atoms with Crippen LogP contribution in [-0.2, 0) is 0 Å². The Balaban J connectivity index is 1.42. The number of hydrogen-bond donors (Lipinski definition) is 1. The molecular formula is C17H13N3O3S. The van der Waals surface area contributed by atoms with Crippen LogP contribution in [0.2, 0.25) is 0 Å². The Morgan fingerprint density at radius 2 is 1.96 bits per heavy atom. The van der Waals surface area contributed by atoms with Crippen molar-refractivity contribution in [2.75, 3.05) is 12.5 Å². The predicted octanol–water partition coefficient (Wildman–Crippen LogP) is 3.18. The van der Waals surface area contributed by atoms with Crippen molar-refractivity contribution in [3.8, 4) is 22.9 Å². The molecule has 120 valence electrons. The molecule has 1 aromatic heterocycles. The molecule has 0 saturated heterocycles. The lowest BCUT2D eigenvalue weighted by Gasteiger charge is -2.01. The highest BCUT2D eigenvalue weighted by molar-refractivity contribution is 7.99. The fraction of sp³-hybridized carbons (Fsp3) is 0.118. The van der Waals surface area contributed by atoms with Crippen LogP contribution >= 0.6 is 11.8 Å². The van der Waals surface area contributed by atoms with Crippen LogP contribution in [0.3, 0.4) is 0 Å². The molecule has 0 saturated carbocycles. The number of aromatic amines is 1. The topological polar surface area (TPSA) is 77.1 Å². The van der Waals surface area contributed by atoms with Gasteiger partial charge in [0.05, 0.1) is 5.75 Å². The van der Waals surface area contributed by atoms with Crippen LogP contribution in [0.5, 0.6) is 11.5 Å². The Kier molecular flexibility index (Phi) is 3.92. The van der Waals surface area contributed by atoms with Crippen LogP contribution in [0.4, 0.5) is 0 Å². The van der Waals surface area contributed by atoms with Gasteiger partial charge in [-0.15, -0.1) is 5.10 Å². The van der Waals surface area contributed by atoms with Crippen molar-refractivity contribution in [3.05, 3.63) is 54.1 Å². The van der Waals surface area contributed by atoms with E-state index >= 15 is 0 Å². The van der Waals surface area contributed by atoms with Gasteiger partial charge in [-0.05, 0) is 18.2 Å². The first-order valence-electron chi connectivity index (χ1n) is 7.33. The van der Waals surface area contributed by atoms with E-state index in [1.165, 1.54) is 11.8 Å². The quantitative estimate of drug-likeness (QED) is 0.568. The highest BCUT2D eigenvalue weighted by Crippen LogP contribution is 2.33. The molecule has 1 aliphatic heterocycles. The van der Waals surface area contributed by atoms with E-state index in [1.807, 2.05) is 30.3 Å². The number of nitrogens with zero attached hydrogens (tertiary/aromatic N) is 2. The lowest BCUT2D eigenvalue weighted by molar-refractivity contribution is 0.102. The van der Waals surface area contributed by atoms with Gasteiger partial charge in [0.25, 0.3) is 0 Å². The fourth-order valence-corrected chi connectivity index (χ4v) is 3.01. The van der Waals surface area contributed by atoms with Crippen molar-refractivity contribution in [1.29, 1.82) is 0 Å². The summed E-state index contributed by atoms with van der Waals surface area (Å²) in [5.74, 6) is 2.21. The molecule has 1 aliphatic rings. The molecule has 6 nitrogen and oxygen atoms in total. The molecule has 3 aromatic rings. The molecule has 0 radical (unpaired) electrons. The van der Waals surface area contributed by atoms with Crippen molar-refractivity contribution in [2.45, 2.75) is 5.16 Å². The van der Waals surface area contributed by atoms with Gasteiger partial charge in [0.2, 0.25) is 11.9 Å². The molecule has 4 rings (SSSR count). The molecule has 0 fully saturated rings. The molecule has 24 heavy (non-hydrogen) atoms. The lowest BCUT2D eigenvalue weighted by Crippen LogP contribution is -2.02. The lowest BCUT2D eigenvalue weighted by atomic mass is 10.1. The third-order valence-corrected chi connectivity index (χ3v) is 4.39. The minimum absolute atomic E-state index is 0.00985. The summed E-state index contributed by atoms with van der Waals surface area (Å²) in [6, 6.07) is 14.9. The number of ether oxygens (including phenoxy) is 2. The first-order chi connectivity index (χ1) is 11.8. The molecule has 2 aromatic carbocycles. The molecular weight excluding hydrogens is 326 g/mol. The minimum atomic E-state index is -0.00985. The minimum Gasteiger partial charge on any atom is -0.454 e. The van der Waals surface area contributed by atoms with Gasteiger partial charge in [-0.25, -0.2) is 4.98 Å². The number of carbonyl (C=O) groups excluding carboxylic acids is 1. The number of aromatic nitrogens is 3. The van der Waals surface area contributed by atoms with Crippen molar-refractivity contribution in [3.63, 3.8) is 0 Å². The summed E-state index contributed by atoms with van der Waals surface area (Å²) in [5.41, 5.74) is 1.55. The largest absolute Gasteiger partial charge is 0.454 e. The number of rotatable bonds is 5. The highest BCUT2D eigenvalue weighted by atomic mass is 32.2. The predicted molar refractivity (Wildman–Crippen MR) is 89.4 cm³/mol. The monoisotopic (exact) mass is 339 g/mol. The zero-order chi connectivity index (χ0) is 16.4. The maximum atomic E-state index is 12.3. The molecule has 2 heterocycles. The second-order valence-corrected chi connectivity index (χ2v) is 6.06. The number of fused-ring (bicyclic) bond motifs is 1. The average Bonchev–Trinajstić information content (AvgIpc) is 3.29. The number of carbonyl (C=O) groups is 1. The van der Waals surface area contributed by atoms with E-state index in [9.17, 15) is 4.79 Å². The number of hydrogen-bond acceptors (Lipinski definition) is 6. The van der Waals surface area contributed by atoms with Crippen LogP contribution in [0.1, 0.15) is 10.4 Å². The highest BCUT2D eigenvalue weighted by Gasteiger charge is 2.17. The van der Waals surface area contributed by atoms with Gasteiger partial charge >= 0.3 is 0 Å². The third kappa shape index (κ3) is 2.98. The summed E-state index contributed by atoms with van der Waals surface area (Å²) in [6.45, 7) is 0.196. The van der Waals surface area contributed by atoms with Crippen molar-refractivity contribution in [2.24, 2.45) is 0 Å². The number of benzene rings is 2. The second kappa shape index (κ2) is 6.37. The zero-order valence-electron chi connectivity index (χ0n) is 12.6. The Bertz CT molecular complexity index is 880. The van der Waals surface area contributed by atoms with E-state index in [-0.39, 0.29) is 18.3 Å². The zero-order valence-corrected chi connectivity index (χ0v) is 13.4. The van der Waals surface area contributed by atoms with Gasteiger partial charge < -0.3 is 9.47 Å². The van der Waals surface area contributed by atoms with Gasteiger partial charge in [0, 0.05) is 11.1 Å². The molecule has 0 unspecified atom stereocenters.